The predicted molar refractivity (Wildman–Crippen MR) is 98.4 cm³/mol. The fraction of sp³-hybridized carbons (Fsp3) is 0.625. The Bertz CT molecular complexity index is 354. The third-order valence-corrected chi connectivity index (χ3v) is 6.81. The van der Waals surface area contributed by atoms with Gasteiger partial charge in [0.15, 0.2) is 0 Å². The summed E-state index contributed by atoms with van der Waals surface area (Å²) in [6.45, 7) is 5.72. The zero-order valence-corrected chi connectivity index (χ0v) is 14.8. The van der Waals surface area contributed by atoms with Crippen molar-refractivity contribution >= 4 is 35.3 Å². The second-order valence-corrected chi connectivity index (χ2v) is 8.77. The van der Waals surface area contributed by atoms with Crippen molar-refractivity contribution < 1.29 is 0 Å². The topological polar surface area (TPSA) is 3.24 Å². The Balaban J connectivity index is 1.83. The van der Waals surface area contributed by atoms with Gasteiger partial charge in [0.05, 0.1) is 0 Å². The standard InChI is InChI=1S/C16H25NS3/c1-15-2-4-16(5-3-15)14-17-6-8-18-10-12-20-13-11-19-9-7-17/h2-5H,6-14H2,1H3. The van der Waals surface area contributed by atoms with Gasteiger partial charge in [-0.3, -0.25) is 4.90 Å². The lowest BCUT2D eigenvalue weighted by Crippen LogP contribution is -2.28. The number of aryl methyl sites for hydroxylation is 1. The molecule has 0 spiro atoms. The monoisotopic (exact) mass is 327 g/mol. The second kappa shape index (κ2) is 10.0. The number of thioether (sulfide) groups is 3. The van der Waals surface area contributed by atoms with Crippen LogP contribution in [0.15, 0.2) is 24.3 Å². The number of benzene rings is 1. The highest BCUT2D eigenvalue weighted by Gasteiger charge is 2.07. The van der Waals surface area contributed by atoms with Crippen LogP contribution in [0.1, 0.15) is 11.1 Å². The zero-order valence-electron chi connectivity index (χ0n) is 12.3. The van der Waals surface area contributed by atoms with Gasteiger partial charge in [-0.1, -0.05) is 29.8 Å². The molecule has 1 aromatic carbocycles. The third kappa shape index (κ3) is 6.79. The molecule has 0 amide bonds. The Morgan fingerprint density at radius 1 is 0.800 bits per heavy atom. The zero-order chi connectivity index (χ0) is 14.0. The van der Waals surface area contributed by atoms with E-state index in [4.69, 9.17) is 0 Å². The summed E-state index contributed by atoms with van der Waals surface area (Å²) in [7, 11) is 0. The molecule has 0 radical (unpaired) electrons. The molecule has 4 heteroatoms. The van der Waals surface area contributed by atoms with Crippen LogP contribution in [-0.4, -0.2) is 52.5 Å². The first kappa shape index (κ1) is 16.6. The van der Waals surface area contributed by atoms with Crippen LogP contribution >= 0.6 is 35.3 Å². The lowest BCUT2D eigenvalue weighted by molar-refractivity contribution is 0.301. The summed E-state index contributed by atoms with van der Waals surface area (Å²) in [6.07, 6.45) is 0. The number of nitrogens with zero attached hydrogens (tertiary/aromatic N) is 1. The fourth-order valence-electron chi connectivity index (χ4n) is 2.15. The van der Waals surface area contributed by atoms with Gasteiger partial charge in [-0.25, -0.2) is 0 Å². The van der Waals surface area contributed by atoms with Gasteiger partial charge in [-0.05, 0) is 12.5 Å². The van der Waals surface area contributed by atoms with Gasteiger partial charge in [-0.2, -0.15) is 35.3 Å². The van der Waals surface area contributed by atoms with Crippen LogP contribution in [0.2, 0.25) is 0 Å². The molecule has 0 bridgehead atoms. The maximum absolute atomic E-state index is 2.62. The molecule has 1 fully saturated rings. The fourth-order valence-corrected chi connectivity index (χ4v) is 5.42. The van der Waals surface area contributed by atoms with Crippen molar-refractivity contribution in [3.8, 4) is 0 Å². The quantitative estimate of drug-likeness (QED) is 0.807. The van der Waals surface area contributed by atoms with Crippen molar-refractivity contribution in [1.29, 1.82) is 0 Å². The predicted octanol–water partition coefficient (Wildman–Crippen LogP) is 4.01. The molecule has 0 N–H and O–H groups in total. The van der Waals surface area contributed by atoms with Gasteiger partial charge in [-0.15, -0.1) is 0 Å². The summed E-state index contributed by atoms with van der Waals surface area (Å²) in [5, 5.41) is 0. The van der Waals surface area contributed by atoms with E-state index in [1.54, 1.807) is 0 Å². The third-order valence-electron chi connectivity index (χ3n) is 3.37. The maximum atomic E-state index is 2.62. The van der Waals surface area contributed by atoms with E-state index in [-0.39, 0.29) is 0 Å². The molecule has 0 aliphatic carbocycles. The highest BCUT2D eigenvalue weighted by atomic mass is 32.2. The summed E-state index contributed by atoms with van der Waals surface area (Å²) >= 11 is 6.35. The van der Waals surface area contributed by atoms with Crippen molar-refractivity contribution in [3.05, 3.63) is 35.4 Å². The molecule has 0 atom stereocenters. The molecule has 0 aromatic heterocycles. The molecule has 20 heavy (non-hydrogen) atoms. The van der Waals surface area contributed by atoms with Crippen molar-refractivity contribution in [1.82, 2.24) is 4.90 Å². The van der Waals surface area contributed by atoms with E-state index in [2.05, 4.69) is 71.4 Å². The highest BCUT2D eigenvalue weighted by molar-refractivity contribution is 8.04. The number of hydrogen-bond acceptors (Lipinski definition) is 4. The second-order valence-electron chi connectivity index (χ2n) is 5.10. The summed E-state index contributed by atoms with van der Waals surface area (Å²) < 4.78 is 0. The molecule has 1 heterocycles. The van der Waals surface area contributed by atoms with E-state index in [1.165, 1.54) is 58.7 Å². The normalized spacial score (nSPS) is 20.1. The van der Waals surface area contributed by atoms with Gasteiger partial charge >= 0.3 is 0 Å². The Morgan fingerprint density at radius 2 is 1.30 bits per heavy atom. The maximum Gasteiger partial charge on any atom is 0.0234 e. The Kier molecular flexibility index (Phi) is 8.33. The molecule has 1 aliphatic heterocycles. The van der Waals surface area contributed by atoms with Crippen molar-refractivity contribution in [2.75, 3.05) is 47.6 Å². The van der Waals surface area contributed by atoms with Crippen LogP contribution in [-0.2, 0) is 6.54 Å². The summed E-state index contributed by atoms with van der Waals surface area (Å²) in [5.74, 6) is 7.82. The summed E-state index contributed by atoms with van der Waals surface area (Å²) in [5.41, 5.74) is 2.80. The Morgan fingerprint density at radius 3 is 1.85 bits per heavy atom. The first-order valence-corrected chi connectivity index (χ1v) is 10.8. The number of hydrogen-bond donors (Lipinski definition) is 0. The van der Waals surface area contributed by atoms with Crippen LogP contribution in [0.3, 0.4) is 0 Å². The smallest absolute Gasteiger partial charge is 0.0234 e. The van der Waals surface area contributed by atoms with E-state index in [0.29, 0.717) is 0 Å². The van der Waals surface area contributed by atoms with Crippen LogP contribution < -0.4 is 0 Å². The van der Waals surface area contributed by atoms with Gasteiger partial charge < -0.3 is 0 Å². The molecule has 1 saturated heterocycles. The van der Waals surface area contributed by atoms with E-state index in [0.717, 1.165) is 6.54 Å². The Labute approximate surface area is 136 Å². The SMILES string of the molecule is Cc1ccc(CN2CCSCCSCCSCC2)cc1. The molecule has 1 aliphatic rings. The molecular weight excluding hydrogens is 302 g/mol. The molecule has 0 saturated carbocycles. The van der Waals surface area contributed by atoms with Crippen molar-refractivity contribution in [2.24, 2.45) is 0 Å². The first-order valence-electron chi connectivity index (χ1n) is 7.36. The lowest BCUT2D eigenvalue weighted by Gasteiger charge is -2.22. The highest BCUT2D eigenvalue weighted by Crippen LogP contribution is 2.14. The van der Waals surface area contributed by atoms with E-state index in [9.17, 15) is 0 Å². The van der Waals surface area contributed by atoms with Crippen molar-refractivity contribution in [3.63, 3.8) is 0 Å². The van der Waals surface area contributed by atoms with Crippen LogP contribution in [0.4, 0.5) is 0 Å². The average Bonchev–Trinajstić information content (AvgIpc) is 2.44. The van der Waals surface area contributed by atoms with Crippen molar-refractivity contribution in [2.45, 2.75) is 13.5 Å². The summed E-state index contributed by atoms with van der Waals surface area (Å²) in [4.78, 5) is 2.62. The molecule has 2 rings (SSSR count). The molecule has 1 aromatic rings. The molecule has 1 nitrogen and oxygen atoms in total. The van der Waals surface area contributed by atoms with Gasteiger partial charge in [0.1, 0.15) is 0 Å². The minimum atomic E-state index is 1.11. The van der Waals surface area contributed by atoms with E-state index in [1.807, 2.05) is 0 Å². The van der Waals surface area contributed by atoms with E-state index < -0.39 is 0 Å². The molecule has 112 valence electrons. The molecular formula is C16H25NS3. The van der Waals surface area contributed by atoms with E-state index >= 15 is 0 Å². The summed E-state index contributed by atoms with van der Waals surface area (Å²) in [6, 6.07) is 9.02. The Hall–Kier alpha value is 0.230. The first-order chi connectivity index (χ1) is 9.84. The average molecular weight is 328 g/mol. The lowest BCUT2D eigenvalue weighted by atomic mass is 10.1. The minimum absolute atomic E-state index is 1.11. The largest absolute Gasteiger partial charge is 0.297 e. The minimum Gasteiger partial charge on any atom is -0.297 e. The molecule has 0 unspecified atom stereocenters. The van der Waals surface area contributed by atoms with Gasteiger partial charge in [0, 0.05) is 54.2 Å². The van der Waals surface area contributed by atoms with Crippen LogP contribution in [0, 0.1) is 6.92 Å². The number of rotatable bonds is 2. The van der Waals surface area contributed by atoms with Gasteiger partial charge in [0.2, 0.25) is 0 Å². The van der Waals surface area contributed by atoms with Crippen LogP contribution in [0.5, 0.6) is 0 Å². The van der Waals surface area contributed by atoms with Crippen LogP contribution in [0.25, 0.3) is 0 Å². The van der Waals surface area contributed by atoms with Gasteiger partial charge in [0.25, 0.3) is 0 Å².